The summed E-state index contributed by atoms with van der Waals surface area (Å²) in [6, 6.07) is 15.6. The molecule has 2 saturated heterocycles. The van der Waals surface area contributed by atoms with Crippen molar-refractivity contribution >= 4 is 39.1 Å². The summed E-state index contributed by atoms with van der Waals surface area (Å²) < 4.78 is 28.4. The third-order valence-corrected chi connectivity index (χ3v) is 12.4. The standard InChI is InChI=1S/C33H45Cl2N3O3S/c34-30-17-16-29(23-31(30)35)42(40,41)38-21-5-4-10-28(38)22-33(39)36-24-26-11-14-27(15-12-26)32(37-19-6-7-20-37)18-13-25-8-2-1-3-9-25/h1-3,8-9,16-17,23,26-28,32H,4-7,10-15,18-22,24H2,(H,36,39). The summed E-state index contributed by atoms with van der Waals surface area (Å²) in [4.78, 5) is 15.9. The third kappa shape index (κ3) is 8.09. The van der Waals surface area contributed by atoms with Crippen molar-refractivity contribution in [2.75, 3.05) is 26.2 Å². The molecule has 2 unspecified atom stereocenters. The number of aryl methyl sites for hydroxylation is 1. The Morgan fingerprint density at radius 2 is 1.60 bits per heavy atom. The van der Waals surface area contributed by atoms with Crippen LogP contribution in [0, 0.1) is 11.8 Å². The predicted molar refractivity (Wildman–Crippen MR) is 170 cm³/mol. The van der Waals surface area contributed by atoms with Gasteiger partial charge in [0, 0.05) is 31.6 Å². The maximum absolute atomic E-state index is 13.4. The van der Waals surface area contributed by atoms with Crippen LogP contribution in [0.1, 0.15) is 76.2 Å². The Morgan fingerprint density at radius 1 is 0.881 bits per heavy atom. The first-order valence-electron chi connectivity index (χ1n) is 15.8. The second kappa shape index (κ2) is 14.9. The molecule has 3 fully saturated rings. The van der Waals surface area contributed by atoms with Gasteiger partial charge in [0.2, 0.25) is 15.9 Å². The summed E-state index contributed by atoms with van der Waals surface area (Å²) in [6.45, 7) is 3.55. The Hall–Kier alpha value is -1.64. The van der Waals surface area contributed by atoms with Crippen LogP contribution in [-0.4, -0.2) is 61.8 Å². The molecule has 42 heavy (non-hydrogen) atoms. The molecule has 5 rings (SSSR count). The van der Waals surface area contributed by atoms with Crippen molar-refractivity contribution in [3.8, 4) is 0 Å². The van der Waals surface area contributed by atoms with Crippen molar-refractivity contribution in [3.63, 3.8) is 0 Å². The molecule has 1 N–H and O–H groups in total. The lowest BCUT2D eigenvalue weighted by atomic mass is 9.76. The molecule has 2 heterocycles. The van der Waals surface area contributed by atoms with Gasteiger partial charge in [-0.2, -0.15) is 4.31 Å². The van der Waals surface area contributed by atoms with E-state index in [1.54, 1.807) is 0 Å². The number of nitrogens with zero attached hydrogens (tertiary/aromatic N) is 2. The summed E-state index contributed by atoms with van der Waals surface area (Å²) in [5.41, 5.74) is 1.43. The average molecular weight is 635 g/mol. The summed E-state index contributed by atoms with van der Waals surface area (Å²) in [6.07, 6.45) is 12.3. The zero-order valence-electron chi connectivity index (χ0n) is 24.5. The zero-order chi connectivity index (χ0) is 29.5. The van der Waals surface area contributed by atoms with Gasteiger partial charge < -0.3 is 10.2 Å². The number of hydrogen-bond donors (Lipinski definition) is 1. The minimum atomic E-state index is -3.77. The number of nitrogens with one attached hydrogen (secondary N) is 1. The molecule has 0 bridgehead atoms. The highest BCUT2D eigenvalue weighted by molar-refractivity contribution is 7.89. The number of amides is 1. The van der Waals surface area contributed by atoms with Gasteiger partial charge in [-0.1, -0.05) is 60.0 Å². The number of carbonyl (C=O) groups is 1. The Labute approximate surface area is 262 Å². The number of hydrogen-bond acceptors (Lipinski definition) is 4. The Bertz CT molecular complexity index is 1280. The van der Waals surface area contributed by atoms with Crippen LogP contribution in [0.2, 0.25) is 10.0 Å². The van der Waals surface area contributed by atoms with Crippen molar-refractivity contribution in [2.24, 2.45) is 11.8 Å². The molecule has 2 aromatic rings. The minimum absolute atomic E-state index is 0.0591. The van der Waals surface area contributed by atoms with Gasteiger partial charge in [0.25, 0.3) is 0 Å². The summed E-state index contributed by atoms with van der Waals surface area (Å²) >= 11 is 12.1. The van der Waals surface area contributed by atoms with E-state index in [1.165, 1.54) is 73.3 Å². The van der Waals surface area contributed by atoms with Gasteiger partial charge >= 0.3 is 0 Å². The van der Waals surface area contributed by atoms with Crippen molar-refractivity contribution < 1.29 is 13.2 Å². The molecule has 2 atom stereocenters. The number of benzene rings is 2. The number of likely N-dealkylation sites (tertiary alicyclic amines) is 1. The molecule has 1 amide bonds. The van der Waals surface area contributed by atoms with E-state index in [0.717, 1.165) is 38.0 Å². The van der Waals surface area contributed by atoms with Crippen LogP contribution < -0.4 is 5.32 Å². The first kappa shape index (κ1) is 31.8. The van der Waals surface area contributed by atoms with Crippen LogP contribution in [0.25, 0.3) is 0 Å². The highest BCUT2D eigenvalue weighted by Crippen LogP contribution is 2.36. The van der Waals surface area contributed by atoms with Gasteiger partial charge in [-0.3, -0.25) is 4.79 Å². The fourth-order valence-corrected chi connectivity index (χ4v) is 9.42. The fourth-order valence-electron chi connectivity index (χ4n) is 7.34. The second-order valence-corrected chi connectivity index (χ2v) is 15.2. The zero-order valence-corrected chi connectivity index (χ0v) is 26.9. The van der Waals surface area contributed by atoms with Crippen molar-refractivity contribution in [1.29, 1.82) is 0 Å². The lowest BCUT2D eigenvalue weighted by Gasteiger charge is -2.39. The molecule has 1 aliphatic carbocycles. The SMILES string of the molecule is O=C(CC1CCCCN1S(=O)(=O)c1ccc(Cl)c(Cl)c1)NCC1CCC(C(CCc2ccccc2)N2CCCC2)CC1. The molecule has 0 spiro atoms. The molecule has 6 nitrogen and oxygen atoms in total. The number of carbonyl (C=O) groups excluding carboxylic acids is 1. The normalized spacial score (nSPS) is 24.9. The van der Waals surface area contributed by atoms with Gasteiger partial charge in [-0.15, -0.1) is 0 Å². The second-order valence-electron chi connectivity index (χ2n) is 12.5. The minimum Gasteiger partial charge on any atom is -0.356 e. The summed E-state index contributed by atoms with van der Waals surface area (Å²) in [5, 5.41) is 3.69. The van der Waals surface area contributed by atoms with Gasteiger partial charge in [-0.25, -0.2) is 8.42 Å². The molecular formula is C33H45Cl2N3O3S. The first-order valence-corrected chi connectivity index (χ1v) is 18.0. The number of halogens is 2. The van der Waals surface area contributed by atoms with E-state index in [4.69, 9.17) is 23.2 Å². The number of sulfonamides is 1. The van der Waals surface area contributed by atoms with Crippen molar-refractivity contribution in [3.05, 3.63) is 64.1 Å². The smallest absolute Gasteiger partial charge is 0.243 e. The number of rotatable bonds is 11. The quantitative estimate of drug-likeness (QED) is 0.291. The molecule has 3 aliphatic rings. The summed E-state index contributed by atoms with van der Waals surface area (Å²) in [5.74, 6) is 1.15. The molecule has 0 aromatic heterocycles. The van der Waals surface area contributed by atoms with Gasteiger partial charge in [0.1, 0.15) is 0 Å². The average Bonchev–Trinajstić information content (AvgIpc) is 3.54. The van der Waals surface area contributed by atoms with Crippen molar-refractivity contribution in [1.82, 2.24) is 14.5 Å². The van der Waals surface area contributed by atoms with Crippen LogP contribution in [0.15, 0.2) is 53.4 Å². The number of piperidine rings is 1. The van der Waals surface area contributed by atoms with E-state index in [-0.39, 0.29) is 28.3 Å². The van der Waals surface area contributed by atoms with Gasteiger partial charge in [0.15, 0.2) is 0 Å². The predicted octanol–water partition coefficient (Wildman–Crippen LogP) is 6.95. The highest BCUT2D eigenvalue weighted by atomic mass is 35.5. The van der Waals surface area contributed by atoms with Gasteiger partial charge in [0.05, 0.1) is 14.9 Å². The van der Waals surface area contributed by atoms with E-state index in [2.05, 4.69) is 40.5 Å². The van der Waals surface area contributed by atoms with Crippen LogP contribution in [0.4, 0.5) is 0 Å². The Kier molecular flexibility index (Phi) is 11.3. The first-order chi connectivity index (χ1) is 20.3. The molecule has 2 aromatic carbocycles. The van der Waals surface area contributed by atoms with E-state index in [1.807, 2.05) is 0 Å². The molecule has 1 saturated carbocycles. The van der Waals surface area contributed by atoms with Crippen LogP contribution >= 0.6 is 23.2 Å². The topological polar surface area (TPSA) is 69.7 Å². The molecule has 230 valence electrons. The molecule has 0 radical (unpaired) electrons. The molecule has 9 heteroatoms. The maximum Gasteiger partial charge on any atom is 0.243 e. The lowest BCUT2D eigenvalue weighted by molar-refractivity contribution is -0.122. The monoisotopic (exact) mass is 633 g/mol. The maximum atomic E-state index is 13.4. The molecule has 2 aliphatic heterocycles. The van der Waals surface area contributed by atoms with Crippen LogP contribution in [-0.2, 0) is 21.2 Å². The highest BCUT2D eigenvalue weighted by Gasteiger charge is 2.36. The Morgan fingerprint density at radius 3 is 2.31 bits per heavy atom. The largest absolute Gasteiger partial charge is 0.356 e. The van der Waals surface area contributed by atoms with E-state index in [9.17, 15) is 13.2 Å². The van der Waals surface area contributed by atoms with Crippen LogP contribution in [0.3, 0.4) is 0 Å². The van der Waals surface area contributed by atoms with E-state index in [0.29, 0.717) is 36.5 Å². The summed E-state index contributed by atoms with van der Waals surface area (Å²) in [7, 11) is -3.77. The fraction of sp³-hybridized carbons (Fsp3) is 0.606. The van der Waals surface area contributed by atoms with E-state index < -0.39 is 10.0 Å². The third-order valence-electron chi connectivity index (χ3n) is 9.70. The Balaban J connectivity index is 1.11. The van der Waals surface area contributed by atoms with E-state index >= 15 is 0 Å². The van der Waals surface area contributed by atoms with Crippen molar-refractivity contribution in [2.45, 2.75) is 94.0 Å². The van der Waals surface area contributed by atoms with Crippen LogP contribution in [0.5, 0.6) is 0 Å². The molecular weight excluding hydrogens is 589 g/mol. The lowest BCUT2D eigenvalue weighted by Crippen LogP contribution is -2.46. The van der Waals surface area contributed by atoms with Gasteiger partial charge in [-0.05, 0) is 113 Å².